The summed E-state index contributed by atoms with van der Waals surface area (Å²) < 4.78 is 0. The van der Waals surface area contributed by atoms with Crippen molar-refractivity contribution < 1.29 is 4.79 Å². The monoisotopic (exact) mass is 266 g/mol. The Hall–Kier alpha value is -1.03. The average Bonchev–Trinajstić information content (AvgIpc) is 2.13. The van der Waals surface area contributed by atoms with E-state index in [4.69, 9.17) is 0 Å². The Bertz CT molecular complexity index is 480. The van der Waals surface area contributed by atoms with Gasteiger partial charge in [-0.3, -0.25) is 4.79 Å². The predicted octanol–water partition coefficient (Wildman–Crippen LogP) is 2.75. The van der Waals surface area contributed by atoms with Crippen molar-refractivity contribution in [2.75, 3.05) is 0 Å². The molecule has 1 aromatic rings. The van der Waals surface area contributed by atoms with E-state index in [1.807, 2.05) is 26.8 Å². The molecule has 1 aliphatic rings. The molecule has 0 saturated carbocycles. The van der Waals surface area contributed by atoms with Crippen LogP contribution in [-0.2, 0) is 0 Å². The van der Waals surface area contributed by atoms with Gasteiger partial charge in [-0.1, -0.05) is 15.9 Å². The van der Waals surface area contributed by atoms with Gasteiger partial charge in [0.2, 0.25) is 0 Å². The summed E-state index contributed by atoms with van der Waals surface area (Å²) in [5, 5.41) is 0. The van der Waals surface area contributed by atoms with Crippen LogP contribution in [0.25, 0.3) is 0 Å². The zero-order chi connectivity index (χ0) is 11.2. The van der Waals surface area contributed by atoms with E-state index in [-0.39, 0.29) is 10.6 Å². The summed E-state index contributed by atoms with van der Waals surface area (Å²) in [4.78, 5) is 20.3. The number of aromatic nitrogens is 1. The largest absolute Gasteiger partial charge is 0.292 e. The number of Topliss-reactive ketones (excluding diaryl/α,β-unsaturated/α-hetero) is 1. The van der Waals surface area contributed by atoms with E-state index < -0.39 is 0 Å². The molecule has 4 heteroatoms. The van der Waals surface area contributed by atoms with Gasteiger partial charge in [0.25, 0.3) is 0 Å². The van der Waals surface area contributed by atoms with Gasteiger partial charge in [0.05, 0.1) is 5.56 Å². The fourth-order valence-corrected chi connectivity index (χ4v) is 2.07. The fraction of sp³-hybridized carbons (Fsp3) is 0.364. The molecule has 0 amide bonds. The number of hydrogen-bond donors (Lipinski definition) is 0. The van der Waals surface area contributed by atoms with Crippen molar-refractivity contribution in [2.45, 2.75) is 25.6 Å². The van der Waals surface area contributed by atoms with E-state index in [2.05, 4.69) is 25.9 Å². The molecule has 2 rings (SSSR count). The number of pyridine rings is 1. The molecule has 0 bridgehead atoms. The summed E-state index contributed by atoms with van der Waals surface area (Å²) in [7, 11) is 0. The van der Waals surface area contributed by atoms with Crippen molar-refractivity contribution in [1.29, 1.82) is 0 Å². The molecule has 2 heterocycles. The van der Waals surface area contributed by atoms with Crippen molar-refractivity contribution in [1.82, 2.24) is 4.98 Å². The quantitative estimate of drug-likeness (QED) is 0.678. The number of alkyl halides is 1. The van der Waals surface area contributed by atoms with Crippen LogP contribution >= 0.6 is 15.9 Å². The zero-order valence-electron chi connectivity index (χ0n) is 8.84. The van der Waals surface area contributed by atoms with Gasteiger partial charge in [-0.15, -0.1) is 0 Å². The number of aryl methyl sites for hydroxylation is 2. The van der Waals surface area contributed by atoms with Crippen LogP contribution in [0, 0.1) is 13.8 Å². The Balaban J connectivity index is 2.72. The first-order valence-electron chi connectivity index (χ1n) is 4.72. The molecule has 0 aliphatic carbocycles. The first-order valence-corrected chi connectivity index (χ1v) is 5.64. The normalized spacial score (nSPS) is 19.9. The molecule has 3 nitrogen and oxygen atoms in total. The van der Waals surface area contributed by atoms with Crippen molar-refractivity contribution in [2.24, 2.45) is 4.99 Å². The Labute approximate surface area is 96.8 Å². The summed E-state index contributed by atoms with van der Waals surface area (Å²) in [6, 6.07) is 1.91. The molecule has 0 N–H and O–H groups in total. The maximum absolute atomic E-state index is 12.0. The topological polar surface area (TPSA) is 42.3 Å². The van der Waals surface area contributed by atoms with Gasteiger partial charge >= 0.3 is 0 Å². The number of fused-ring (bicyclic) bond motifs is 1. The van der Waals surface area contributed by atoms with E-state index >= 15 is 0 Å². The van der Waals surface area contributed by atoms with Crippen LogP contribution in [-0.4, -0.2) is 21.3 Å². The van der Waals surface area contributed by atoms with Crippen LogP contribution in [0.1, 0.15) is 28.5 Å². The second-order valence-electron chi connectivity index (χ2n) is 3.76. The number of carbonyl (C=O) groups is 1. The highest BCUT2D eigenvalue weighted by atomic mass is 79.9. The number of nitrogens with zero attached hydrogens (tertiary/aromatic N) is 2. The lowest BCUT2D eigenvalue weighted by Crippen LogP contribution is -2.26. The molecule has 0 spiro atoms. The van der Waals surface area contributed by atoms with Gasteiger partial charge in [-0.2, -0.15) is 0 Å². The van der Waals surface area contributed by atoms with Gasteiger partial charge < -0.3 is 0 Å². The van der Waals surface area contributed by atoms with Crippen LogP contribution in [0.15, 0.2) is 11.1 Å². The third kappa shape index (κ3) is 1.63. The minimum Gasteiger partial charge on any atom is -0.292 e. The maximum atomic E-state index is 12.0. The van der Waals surface area contributed by atoms with E-state index in [0.29, 0.717) is 11.4 Å². The van der Waals surface area contributed by atoms with Gasteiger partial charge in [0.15, 0.2) is 11.6 Å². The summed E-state index contributed by atoms with van der Waals surface area (Å²) in [5.41, 5.74) is 3.25. The van der Waals surface area contributed by atoms with Crippen molar-refractivity contribution >= 4 is 33.2 Å². The summed E-state index contributed by atoms with van der Waals surface area (Å²) in [5.74, 6) is 0.619. The van der Waals surface area contributed by atoms with E-state index in [1.165, 1.54) is 0 Å². The van der Waals surface area contributed by atoms with Crippen LogP contribution in [0.2, 0.25) is 0 Å². The van der Waals surface area contributed by atoms with E-state index in [9.17, 15) is 4.79 Å². The van der Waals surface area contributed by atoms with Crippen LogP contribution in [0.5, 0.6) is 0 Å². The lowest BCUT2D eigenvalue weighted by atomic mass is 9.99. The summed E-state index contributed by atoms with van der Waals surface area (Å²) in [6.07, 6.45) is 0. The van der Waals surface area contributed by atoms with Crippen LogP contribution in [0.4, 0.5) is 5.82 Å². The minimum absolute atomic E-state index is 0.0579. The Kier molecular flexibility index (Phi) is 2.46. The van der Waals surface area contributed by atoms with Crippen LogP contribution < -0.4 is 0 Å². The number of aliphatic imine (C=N–C) groups is 1. The Morgan fingerprint density at radius 1 is 1.33 bits per heavy atom. The summed E-state index contributed by atoms with van der Waals surface area (Å²) >= 11 is 3.33. The highest BCUT2D eigenvalue weighted by molar-refractivity contribution is 9.10. The Morgan fingerprint density at radius 2 is 2.00 bits per heavy atom. The number of hydrogen-bond acceptors (Lipinski definition) is 3. The van der Waals surface area contributed by atoms with Gasteiger partial charge in [0.1, 0.15) is 4.83 Å². The average molecular weight is 267 g/mol. The molecule has 0 saturated heterocycles. The number of halogens is 1. The minimum atomic E-state index is -0.298. The van der Waals surface area contributed by atoms with E-state index in [0.717, 1.165) is 17.0 Å². The third-order valence-corrected chi connectivity index (χ3v) is 3.53. The molecule has 15 heavy (non-hydrogen) atoms. The highest BCUT2D eigenvalue weighted by Crippen LogP contribution is 2.29. The molecule has 1 unspecified atom stereocenters. The first-order chi connectivity index (χ1) is 7.00. The predicted molar refractivity (Wildman–Crippen MR) is 63.5 cm³/mol. The van der Waals surface area contributed by atoms with Gasteiger partial charge in [-0.25, -0.2) is 9.98 Å². The maximum Gasteiger partial charge on any atom is 0.186 e. The molecule has 0 radical (unpaired) electrons. The van der Waals surface area contributed by atoms with E-state index in [1.54, 1.807) is 0 Å². The fourth-order valence-electron chi connectivity index (χ4n) is 1.74. The second-order valence-corrected chi connectivity index (χ2v) is 4.67. The number of rotatable bonds is 0. The lowest BCUT2D eigenvalue weighted by Gasteiger charge is -2.18. The molecule has 1 aromatic heterocycles. The second kappa shape index (κ2) is 3.52. The summed E-state index contributed by atoms with van der Waals surface area (Å²) in [6.45, 7) is 5.66. The molecule has 0 fully saturated rings. The lowest BCUT2D eigenvalue weighted by molar-refractivity contribution is 0.100. The third-order valence-electron chi connectivity index (χ3n) is 2.45. The molecular formula is C11H11BrN2O. The first kappa shape index (κ1) is 10.5. The standard InChI is InChI=1S/C11H11BrN2O/c1-5-4-6(2)13-11-8(5)10(15)9(12)7(3)14-11/h4,9H,1-3H3. The zero-order valence-corrected chi connectivity index (χ0v) is 10.4. The van der Waals surface area contributed by atoms with Crippen molar-refractivity contribution in [3.8, 4) is 0 Å². The molecule has 78 valence electrons. The molecular weight excluding hydrogens is 256 g/mol. The van der Waals surface area contributed by atoms with Crippen molar-refractivity contribution in [3.63, 3.8) is 0 Å². The number of ketones is 1. The van der Waals surface area contributed by atoms with Crippen LogP contribution in [0.3, 0.4) is 0 Å². The SMILES string of the molecule is CC1=Nc2nc(C)cc(C)c2C(=O)C1Br. The Morgan fingerprint density at radius 3 is 2.67 bits per heavy atom. The van der Waals surface area contributed by atoms with Gasteiger partial charge in [0, 0.05) is 11.4 Å². The molecule has 1 atom stereocenters. The molecule has 1 aliphatic heterocycles. The molecule has 0 aromatic carbocycles. The van der Waals surface area contributed by atoms with Gasteiger partial charge in [-0.05, 0) is 32.4 Å². The number of carbonyl (C=O) groups excluding carboxylic acids is 1. The highest BCUT2D eigenvalue weighted by Gasteiger charge is 2.29. The van der Waals surface area contributed by atoms with Crippen molar-refractivity contribution in [3.05, 3.63) is 22.9 Å². The smallest absolute Gasteiger partial charge is 0.186 e.